The first-order chi connectivity index (χ1) is 14.6. The first kappa shape index (κ1) is 21.3. The molecule has 0 fully saturated rings. The molecule has 0 saturated carbocycles. The first-order valence-electron chi connectivity index (χ1n) is 9.50. The molecule has 0 unspecified atom stereocenters. The molecular formula is C20H24FN7O2. The van der Waals surface area contributed by atoms with E-state index < -0.39 is 0 Å². The minimum atomic E-state index is -0.302. The second-order valence-electron chi connectivity index (χ2n) is 6.50. The van der Waals surface area contributed by atoms with Crippen LogP contribution >= 0.6 is 0 Å². The summed E-state index contributed by atoms with van der Waals surface area (Å²) in [6, 6.07) is 7.70. The number of nitrogens with one attached hydrogen (secondary N) is 2. The summed E-state index contributed by atoms with van der Waals surface area (Å²) in [5.74, 6) is 1.53. The normalized spacial score (nSPS) is 11.7. The topological polar surface area (TPSA) is 119 Å². The number of rotatable bonds is 10. The van der Waals surface area contributed by atoms with Crippen molar-refractivity contribution in [1.82, 2.24) is 19.9 Å². The highest BCUT2D eigenvalue weighted by Gasteiger charge is 2.14. The Kier molecular flexibility index (Phi) is 7.41. The Bertz CT molecular complexity index is 922. The van der Waals surface area contributed by atoms with Crippen molar-refractivity contribution in [2.45, 2.75) is 13.0 Å². The van der Waals surface area contributed by atoms with Gasteiger partial charge < -0.3 is 25.7 Å². The third kappa shape index (κ3) is 5.82. The van der Waals surface area contributed by atoms with Crippen LogP contribution in [0, 0.1) is 5.82 Å². The van der Waals surface area contributed by atoms with E-state index in [4.69, 9.17) is 0 Å². The third-order valence-electron chi connectivity index (χ3n) is 4.31. The highest BCUT2D eigenvalue weighted by Crippen LogP contribution is 2.23. The van der Waals surface area contributed by atoms with Gasteiger partial charge in [-0.15, -0.1) is 0 Å². The summed E-state index contributed by atoms with van der Waals surface area (Å²) < 4.78 is 13.2. The molecule has 3 rings (SSSR count). The predicted octanol–water partition coefficient (Wildman–Crippen LogP) is 2.11. The van der Waals surface area contributed by atoms with Crippen LogP contribution in [0.1, 0.15) is 18.5 Å². The van der Waals surface area contributed by atoms with E-state index in [1.54, 1.807) is 41.7 Å². The molecule has 10 heteroatoms. The van der Waals surface area contributed by atoms with Gasteiger partial charge >= 0.3 is 0 Å². The molecule has 0 aliphatic carbocycles. The SMILES string of the molecule is C[C@H](Nc1nc(Nc2cnccn2)cc(N(CCO)CCO)n1)c1ccc(F)cc1. The highest BCUT2D eigenvalue weighted by atomic mass is 19.1. The number of nitrogens with zero attached hydrogens (tertiary/aromatic N) is 5. The summed E-state index contributed by atoms with van der Waals surface area (Å²) in [7, 11) is 0. The van der Waals surface area contributed by atoms with Crippen LogP contribution < -0.4 is 15.5 Å². The molecule has 0 radical (unpaired) electrons. The zero-order valence-electron chi connectivity index (χ0n) is 16.5. The molecule has 0 amide bonds. The van der Waals surface area contributed by atoms with Crippen molar-refractivity contribution in [3.05, 3.63) is 60.3 Å². The van der Waals surface area contributed by atoms with Crippen LogP contribution in [0.2, 0.25) is 0 Å². The van der Waals surface area contributed by atoms with Crippen molar-refractivity contribution < 1.29 is 14.6 Å². The smallest absolute Gasteiger partial charge is 0.227 e. The molecule has 1 aromatic carbocycles. The average Bonchev–Trinajstić information content (AvgIpc) is 2.74. The Morgan fingerprint density at radius 1 is 1.03 bits per heavy atom. The largest absolute Gasteiger partial charge is 0.395 e. The second-order valence-corrected chi connectivity index (χ2v) is 6.50. The van der Waals surface area contributed by atoms with Crippen molar-refractivity contribution in [3.8, 4) is 0 Å². The van der Waals surface area contributed by atoms with E-state index in [9.17, 15) is 14.6 Å². The predicted molar refractivity (Wildman–Crippen MR) is 112 cm³/mol. The average molecular weight is 413 g/mol. The zero-order chi connectivity index (χ0) is 21.3. The van der Waals surface area contributed by atoms with Crippen LogP contribution in [-0.4, -0.2) is 56.5 Å². The Morgan fingerprint density at radius 3 is 2.40 bits per heavy atom. The molecule has 1 atom stereocenters. The van der Waals surface area contributed by atoms with Crippen molar-refractivity contribution >= 4 is 23.4 Å². The quantitative estimate of drug-likeness (QED) is 0.396. The molecule has 30 heavy (non-hydrogen) atoms. The number of hydrogen-bond donors (Lipinski definition) is 4. The van der Waals surface area contributed by atoms with Crippen molar-refractivity contribution in [3.63, 3.8) is 0 Å². The Hall–Kier alpha value is -3.37. The van der Waals surface area contributed by atoms with Gasteiger partial charge in [0.1, 0.15) is 23.3 Å². The van der Waals surface area contributed by atoms with Gasteiger partial charge in [-0.1, -0.05) is 12.1 Å². The van der Waals surface area contributed by atoms with Crippen LogP contribution in [-0.2, 0) is 0 Å². The lowest BCUT2D eigenvalue weighted by molar-refractivity contribution is 0.280. The fourth-order valence-electron chi connectivity index (χ4n) is 2.83. The van der Waals surface area contributed by atoms with Gasteiger partial charge in [0.05, 0.1) is 25.5 Å². The number of hydrogen-bond acceptors (Lipinski definition) is 9. The maximum absolute atomic E-state index is 13.2. The number of benzene rings is 1. The van der Waals surface area contributed by atoms with Gasteiger partial charge in [0.25, 0.3) is 0 Å². The molecule has 0 aliphatic rings. The van der Waals surface area contributed by atoms with Gasteiger partial charge in [0.15, 0.2) is 0 Å². The Balaban J connectivity index is 1.90. The first-order valence-corrected chi connectivity index (χ1v) is 9.50. The summed E-state index contributed by atoms with van der Waals surface area (Å²) in [6.07, 6.45) is 4.69. The fraction of sp³-hybridized carbons (Fsp3) is 0.300. The lowest BCUT2D eigenvalue weighted by atomic mass is 10.1. The van der Waals surface area contributed by atoms with Crippen molar-refractivity contribution in [2.75, 3.05) is 41.8 Å². The Morgan fingerprint density at radius 2 is 1.77 bits per heavy atom. The van der Waals surface area contributed by atoms with E-state index in [-0.39, 0.29) is 25.1 Å². The molecule has 0 bridgehead atoms. The fourth-order valence-corrected chi connectivity index (χ4v) is 2.83. The summed E-state index contributed by atoms with van der Waals surface area (Å²) in [5.41, 5.74) is 0.872. The van der Waals surface area contributed by atoms with Gasteiger partial charge in [-0.05, 0) is 24.6 Å². The van der Waals surface area contributed by atoms with E-state index in [2.05, 4.69) is 30.6 Å². The molecule has 0 spiro atoms. The van der Waals surface area contributed by atoms with Crippen molar-refractivity contribution in [2.24, 2.45) is 0 Å². The maximum Gasteiger partial charge on any atom is 0.227 e. The monoisotopic (exact) mass is 413 g/mol. The molecule has 0 saturated heterocycles. The second kappa shape index (κ2) is 10.4. The summed E-state index contributed by atoms with van der Waals surface area (Å²) in [4.78, 5) is 19.0. The van der Waals surface area contributed by atoms with Crippen LogP contribution in [0.3, 0.4) is 0 Å². The summed E-state index contributed by atoms with van der Waals surface area (Å²) >= 11 is 0. The molecule has 4 N–H and O–H groups in total. The van der Waals surface area contributed by atoms with Crippen LogP contribution in [0.5, 0.6) is 0 Å². The minimum absolute atomic E-state index is 0.0916. The molecule has 158 valence electrons. The van der Waals surface area contributed by atoms with Crippen LogP contribution in [0.4, 0.5) is 27.8 Å². The standard InChI is InChI=1S/C20H24FN7O2/c1-14(15-2-4-16(21)5-3-15)24-20-26-17(25-18-13-22-6-7-23-18)12-19(27-20)28(8-10-29)9-11-30/h2-7,12-14,29-30H,8-11H2,1H3,(H2,23,24,25,26,27)/t14-/m0/s1. The number of anilines is 4. The minimum Gasteiger partial charge on any atom is -0.395 e. The van der Waals surface area contributed by atoms with E-state index in [0.717, 1.165) is 5.56 Å². The number of aliphatic hydroxyl groups is 2. The molecule has 3 aromatic rings. The molecule has 0 aliphatic heterocycles. The van der Waals surface area contributed by atoms with Crippen molar-refractivity contribution in [1.29, 1.82) is 0 Å². The number of aromatic nitrogens is 4. The van der Waals surface area contributed by atoms with Gasteiger partial charge in [0, 0.05) is 31.5 Å². The molecule has 2 aromatic heterocycles. The lowest BCUT2D eigenvalue weighted by Gasteiger charge is -2.23. The van der Waals surface area contributed by atoms with E-state index in [0.29, 0.717) is 36.5 Å². The summed E-state index contributed by atoms with van der Waals surface area (Å²) in [5, 5.41) is 25.0. The Labute approximate surface area is 173 Å². The van der Waals surface area contributed by atoms with Gasteiger partial charge in [0.2, 0.25) is 5.95 Å². The maximum atomic E-state index is 13.2. The van der Waals surface area contributed by atoms with E-state index in [1.807, 2.05) is 6.92 Å². The van der Waals surface area contributed by atoms with Gasteiger partial charge in [-0.2, -0.15) is 9.97 Å². The summed E-state index contributed by atoms with van der Waals surface area (Å²) in [6.45, 7) is 2.33. The van der Waals surface area contributed by atoms with Crippen LogP contribution in [0.15, 0.2) is 48.9 Å². The van der Waals surface area contributed by atoms with Gasteiger partial charge in [-0.25, -0.2) is 9.37 Å². The third-order valence-corrected chi connectivity index (χ3v) is 4.31. The van der Waals surface area contributed by atoms with Gasteiger partial charge in [-0.3, -0.25) is 4.98 Å². The van der Waals surface area contributed by atoms with E-state index >= 15 is 0 Å². The lowest BCUT2D eigenvalue weighted by Crippen LogP contribution is -2.31. The van der Waals surface area contributed by atoms with E-state index in [1.165, 1.54) is 12.1 Å². The van der Waals surface area contributed by atoms with Crippen LogP contribution in [0.25, 0.3) is 0 Å². The number of aliphatic hydroxyl groups excluding tert-OH is 2. The number of halogens is 1. The highest BCUT2D eigenvalue weighted by molar-refractivity contribution is 5.59. The molecular weight excluding hydrogens is 389 g/mol. The zero-order valence-corrected chi connectivity index (χ0v) is 16.5. The molecule has 2 heterocycles. The molecule has 9 nitrogen and oxygen atoms in total.